The zero-order valence-electron chi connectivity index (χ0n) is 7.12. The molecule has 3 heteroatoms. The molecule has 0 radical (unpaired) electrons. The molecule has 0 aromatic heterocycles. The predicted octanol–water partition coefficient (Wildman–Crippen LogP) is 0.721. The van der Waals surface area contributed by atoms with Gasteiger partial charge in [-0.3, -0.25) is 4.99 Å². The summed E-state index contributed by atoms with van der Waals surface area (Å²) in [6.45, 7) is 0. The van der Waals surface area contributed by atoms with Gasteiger partial charge in [0.25, 0.3) is 0 Å². The van der Waals surface area contributed by atoms with Gasteiger partial charge in [-0.15, -0.1) is 0 Å². The lowest BCUT2D eigenvalue weighted by Gasteiger charge is -2.03. The molecule has 0 saturated heterocycles. The van der Waals surface area contributed by atoms with Crippen molar-refractivity contribution >= 4 is 5.84 Å². The lowest BCUT2D eigenvalue weighted by molar-refractivity contribution is 0.981. The summed E-state index contributed by atoms with van der Waals surface area (Å²) in [6, 6.07) is 10.1. The maximum absolute atomic E-state index is 5.25. The van der Waals surface area contributed by atoms with Crippen molar-refractivity contribution in [1.29, 1.82) is 0 Å². The zero-order valence-corrected chi connectivity index (χ0v) is 7.12. The molecule has 0 saturated carbocycles. The molecule has 1 aromatic rings. The van der Waals surface area contributed by atoms with Crippen molar-refractivity contribution in [1.82, 2.24) is 5.43 Å². The summed E-state index contributed by atoms with van der Waals surface area (Å²) >= 11 is 0. The lowest BCUT2D eigenvalue weighted by Crippen LogP contribution is -2.31. The predicted molar refractivity (Wildman–Crippen MR) is 50.8 cm³/mol. The highest BCUT2D eigenvalue weighted by Crippen LogP contribution is 1.99. The summed E-state index contributed by atoms with van der Waals surface area (Å²) in [5.41, 5.74) is 3.75. The Balaban J connectivity index is 2.64. The average Bonchev–Trinajstić information content (AvgIpc) is 2.16. The molecule has 0 heterocycles. The smallest absolute Gasteiger partial charge is 0.114 e. The molecule has 0 aliphatic carbocycles. The highest BCUT2D eigenvalue weighted by molar-refractivity contribution is 5.83. The zero-order chi connectivity index (χ0) is 8.81. The highest BCUT2D eigenvalue weighted by atomic mass is 15.2. The van der Waals surface area contributed by atoms with Gasteiger partial charge in [0.2, 0.25) is 0 Å². The van der Waals surface area contributed by atoms with Gasteiger partial charge in [-0.1, -0.05) is 30.3 Å². The van der Waals surface area contributed by atoms with Crippen molar-refractivity contribution < 1.29 is 0 Å². The van der Waals surface area contributed by atoms with Gasteiger partial charge in [-0.2, -0.15) is 0 Å². The van der Waals surface area contributed by atoms with E-state index < -0.39 is 0 Å². The summed E-state index contributed by atoms with van der Waals surface area (Å²) in [6.07, 6.45) is 0.758. The number of rotatable bonds is 2. The van der Waals surface area contributed by atoms with Gasteiger partial charge < -0.3 is 5.43 Å². The fourth-order valence-corrected chi connectivity index (χ4v) is 0.984. The van der Waals surface area contributed by atoms with Crippen molar-refractivity contribution in [2.24, 2.45) is 10.8 Å². The third-order valence-electron chi connectivity index (χ3n) is 1.65. The van der Waals surface area contributed by atoms with Crippen LogP contribution in [0.2, 0.25) is 0 Å². The number of benzene rings is 1. The molecule has 3 N–H and O–H groups in total. The Morgan fingerprint density at radius 2 is 2.08 bits per heavy atom. The molecular formula is C9H13N3. The molecule has 64 valence electrons. The van der Waals surface area contributed by atoms with Crippen LogP contribution in [0, 0.1) is 0 Å². The Kier molecular flexibility index (Phi) is 3.29. The minimum absolute atomic E-state index is 0.758. The number of amidine groups is 1. The van der Waals surface area contributed by atoms with Crippen LogP contribution in [0.4, 0.5) is 0 Å². The normalized spacial score (nSPS) is 11.3. The summed E-state index contributed by atoms with van der Waals surface area (Å²) in [5.74, 6) is 6.04. The Hall–Kier alpha value is -1.35. The quantitative estimate of drug-likeness (QED) is 0.292. The Morgan fingerprint density at radius 1 is 1.42 bits per heavy atom. The van der Waals surface area contributed by atoms with Crippen LogP contribution in [0.25, 0.3) is 0 Å². The molecule has 0 unspecified atom stereocenters. The first-order chi connectivity index (χ1) is 5.86. The van der Waals surface area contributed by atoms with Crippen LogP contribution < -0.4 is 11.3 Å². The second kappa shape index (κ2) is 4.51. The number of hydrogen-bond acceptors (Lipinski definition) is 2. The van der Waals surface area contributed by atoms with Gasteiger partial charge >= 0.3 is 0 Å². The number of nitrogens with zero attached hydrogens (tertiary/aromatic N) is 1. The van der Waals surface area contributed by atoms with Crippen molar-refractivity contribution in [2.45, 2.75) is 6.42 Å². The van der Waals surface area contributed by atoms with Crippen molar-refractivity contribution in [3.8, 4) is 0 Å². The van der Waals surface area contributed by atoms with Crippen LogP contribution >= 0.6 is 0 Å². The standard InChI is InChI=1S/C9H13N3/c1-11-9(12-10)7-8-5-3-2-4-6-8/h2-6H,7,10H2,1H3,(H,11,12). The minimum atomic E-state index is 0.758. The SMILES string of the molecule is CN=C(Cc1ccccc1)NN. The molecule has 1 rings (SSSR count). The second-order valence-electron chi connectivity index (χ2n) is 2.48. The number of hydrogen-bond donors (Lipinski definition) is 2. The van der Waals surface area contributed by atoms with E-state index in [2.05, 4.69) is 10.4 Å². The van der Waals surface area contributed by atoms with Gasteiger partial charge in [-0.25, -0.2) is 5.84 Å². The van der Waals surface area contributed by atoms with Crippen molar-refractivity contribution in [2.75, 3.05) is 7.05 Å². The van der Waals surface area contributed by atoms with E-state index in [9.17, 15) is 0 Å². The molecule has 0 atom stereocenters. The Bertz CT molecular complexity index is 254. The Morgan fingerprint density at radius 3 is 2.58 bits per heavy atom. The molecule has 0 aliphatic rings. The number of aliphatic imine (C=N–C) groups is 1. The molecule has 3 nitrogen and oxygen atoms in total. The summed E-state index contributed by atoms with van der Waals surface area (Å²) < 4.78 is 0. The molecule has 1 aromatic carbocycles. The van der Waals surface area contributed by atoms with Gasteiger partial charge in [0.05, 0.1) is 0 Å². The first kappa shape index (κ1) is 8.74. The van der Waals surface area contributed by atoms with E-state index in [1.807, 2.05) is 30.3 Å². The van der Waals surface area contributed by atoms with E-state index >= 15 is 0 Å². The number of nitrogens with two attached hydrogens (primary N) is 1. The Labute approximate surface area is 72.3 Å². The van der Waals surface area contributed by atoms with Crippen LogP contribution in [-0.4, -0.2) is 12.9 Å². The van der Waals surface area contributed by atoms with E-state index in [0.717, 1.165) is 12.3 Å². The van der Waals surface area contributed by atoms with Crippen molar-refractivity contribution in [3.05, 3.63) is 35.9 Å². The maximum atomic E-state index is 5.25. The van der Waals surface area contributed by atoms with Crippen LogP contribution in [0.3, 0.4) is 0 Å². The topological polar surface area (TPSA) is 50.4 Å². The molecular weight excluding hydrogens is 150 g/mol. The van der Waals surface area contributed by atoms with Gasteiger partial charge in [-0.05, 0) is 5.56 Å². The van der Waals surface area contributed by atoms with Crippen LogP contribution in [0.15, 0.2) is 35.3 Å². The van der Waals surface area contributed by atoms with Crippen molar-refractivity contribution in [3.63, 3.8) is 0 Å². The maximum Gasteiger partial charge on any atom is 0.114 e. The van der Waals surface area contributed by atoms with E-state index in [1.54, 1.807) is 7.05 Å². The highest BCUT2D eigenvalue weighted by Gasteiger charge is 1.95. The molecule has 0 spiro atoms. The number of hydrazine groups is 1. The fourth-order valence-electron chi connectivity index (χ4n) is 0.984. The molecule has 12 heavy (non-hydrogen) atoms. The summed E-state index contributed by atoms with van der Waals surface area (Å²) in [7, 11) is 1.72. The largest absolute Gasteiger partial charge is 0.312 e. The summed E-state index contributed by atoms with van der Waals surface area (Å²) in [4.78, 5) is 3.98. The molecule has 0 aliphatic heterocycles. The number of nitrogens with one attached hydrogen (secondary N) is 1. The minimum Gasteiger partial charge on any atom is -0.312 e. The van der Waals surface area contributed by atoms with Gasteiger partial charge in [0.15, 0.2) is 0 Å². The summed E-state index contributed by atoms with van der Waals surface area (Å²) in [5, 5.41) is 0. The van der Waals surface area contributed by atoms with E-state index in [4.69, 9.17) is 5.84 Å². The molecule has 0 amide bonds. The fraction of sp³-hybridized carbons (Fsp3) is 0.222. The van der Waals surface area contributed by atoms with Crippen LogP contribution in [0.1, 0.15) is 5.56 Å². The lowest BCUT2D eigenvalue weighted by atomic mass is 10.1. The monoisotopic (exact) mass is 163 g/mol. The van der Waals surface area contributed by atoms with E-state index in [0.29, 0.717) is 0 Å². The second-order valence-corrected chi connectivity index (χ2v) is 2.48. The van der Waals surface area contributed by atoms with E-state index in [1.165, 1.54) is 5.56 Å². The van der Waals surface area contributed by atoms with Crippen LogP contribution in [0.5, 0.6) is 0 Å². The molecule has 0 bridgehead atoms. The van der Waals surface area contributed by atoms with E-state index in [-0.39, 0.29) is 0 Å². The molecule has 0 fully saturated rings. The van der Waals surface area contributed by atoms with Crippen LogP contribution in [-0.2, 0) is 6.42 Å². The van der Waals surface area contributed by atoms with Gasteiger partial charge in [0, 0.05) is 13.5 Å². The van der Waals surface area contributed by atoms with Gasteiger partial charge in [0.1, 0.15) is 5.84 Å². The first-order valence-corrected chi connectivity index (χ1v) is 3.83. The third-order valence-corrected chi connectivity index (χ3v) is 1.65. The third kappa shape index (κ3) is 2.36. The average molecular weight is 163 g/mol. The first-order valence-electron chi connectivity index (χ1n) is 3.83.